The molecule has 1 fully saturated rings. The van der Waals surface area contributed by atoms with E-state index in [0.29, 0.717) is 17.0 Å². The molecule has 1 saturated carbocycles. The monoisotopic (exact) mass is 270 g/mol. The maximum Gasteiger partial charge on any atom is 0.157 e. The second-order valence-corrected chi connectivity index (χ2v) is 5.24. The molecule has 19 heavy (non-hydrogen) atoms. The molecule has 1 aliphatic rings. The lowest BCUT2D eigenvalue weighted by molar-refractivity contribution is 0.905. The van der Waals surface area contributed by atoms with Gasteiger partial charge in [0, 0.05) is 30.4 Å². The molecule has 0 aromatic carbocycles. The van der Waals surface area contributed by atoms with Crippen LogP contribution in [0.5, 0.6) is 0 Å². The lowest BCUT2D eigenvalue weighted by Gasteiger charge is -2.04. The fourth-order valence-corrected chi connectivity index (χ4v) is 2.88. The SMILES string of the molecule is Clc1cc(C2CC2c2cccnc2)c2nccn2n1. The Balaban J connectivity index is 1.75. The van der Waals surface area contributed by atoms with Crippen LogP contribution in [0.1, 0.15) is 29.4 Å². The summed E-state index contributed by atoms with van der Waals surface area (Å²) in [6.07, 6.45) is 8.44. The number of hydrogen-bond donors (Lipinski definition) is 0. The number of fused-ring (bicyclic) bond motifs is 1. The number of pyridine rings is 1. The second kappa shape index (κ2) is 4.03. The third-order valence-corrected chi connectivity index (χ3v) is 3.84. The van der Waals surface area contributed by atoms with Gasteiger partial charge in [-0.2, -0.15) is 5.10 Å². The average Bonchev–Trinajstić information content (AvgIpc) is 3.10. The van der Waals surface area contributed by atoms with Gasteiger partial charge in [0.2, 0.25) is 0 Å². The molecular formula is C14H11ClN4. The average molecular weight is 271 g/mol. The van der Waals surface area contributed by atoms with Gasteiger partial charge in [0.25, 0.3) is 0 Å². The first-order valence-electron chi connectivity index (χ1n) is 6.22. The van der Waals surface area contributed by atoms with E-state index in [1.807, 2.05) is 24.5 Å². The van der Waals surface area contributed by atoms with Crippen LogP contribution in [0.3, 0.4) is 0 Å². The summed E-state index contributed by atoms with van der Waals surface area (Å²) in [5, 5.41) is 4.72. The smallest absolute Gasteiger partial charge is 0.157 e. The van der Waals surface area contributed by atoms with Crippen LogP contribution in [-0.4, -0.2) is 19.6 Å². The van der Waals surface area contributed by atoms with Gasteiger partial charge in [0.05, 0.1) is 0 Å². The van der Waals surface area contributed by atoms with E-state index in [0.717, 1.165) is 12.1 Å². The van der Waals surface area contributed by atoms with Crippen molar-refractivity contribution in [2.75, 3.05) is 0 Å². The zero-order valence-electron chi connectivity index (χ0n) is 10.1. The van der Waals surface area contributed by atoms with Crippen LogP contribution in [0, 0.1) is 0 Å². The highest BCUT2D eigenvalue weighted by Crippen LogP contribution is 2.55. The summed E-state index contributed by atoms with van der Waals surface area (Å²) in [7, 11) is 0. The van der Waals surface area contributed by atoms with Crippen LogP contribution in [0.4, 0.5) is 0 Å². The van der Waals surface area contributed by atoms with Crippen LogP contribution >= 0.6 is 11.6 Å². The summed E-state index contributed by atoms with van der Waals surface area (Å²) in [4.78, 5) is 8.56. The fourth-order valence-electron chi connectivity index (χ4n) is 2.68. The third-order valence-electron chi connectivity index (χ3n) is 3.66. The zero-order chi connectivity index (χ0) is 12.8. The molecule has 3 heterocycles. The molecule has 0 amide bonds. The van der Waals surface area contributed by atoms with E-state index in [2.05, 4.69) is 21.1 Å². The van der Waals surface area contributed by atoms with Crippen molar-refractivity contribution in [3.05, 3.63) is 59.3 Å². The maximum absolute atomic E-state index is 6.07. The van der Waals surface area contributed by atoms with Gasteiger partial charge in [0.15, 0.2) is 5.65 Å². The van der Waals surface area contributed by atoms with Gasteiger partial charge < -0.3 is 0 Å². The zero-order valence-corrected chi connectivity index (χ0v) is 10.8. The van der Waals surface area contributed by atoms with Gasteiger partial charge >= 0.3 is 0 Å². The van der Waals surface area contributed by atoms with Gasteiger partial charge in [0.1, 0.15) is 5.15 Å². The van der Waals surface area contributed by atoms with Gasteiger partial charge in [-0.25, -0.2) is 9.50 Å². The summed E-state index contributed by atoms with van der Waals surface area (Å²) in [5.74, 6) is 0.988. The normalized spacial score (nSPS) is 21.7. The molecule has 1 aliphatic carbocycles. The Kier molecular flexibility index (Phi) is 2.32. The van der Waals surface area contributed by atoms with Crippen molar-refractivity contribution in [2.45, 2.75) is 18.3 Å². The summed E-state index contributed by atoms with van der Waals surface area (Å²) >= 11 is 6.07. The summed E-state index contributed by atoms with van der Waals surface area (Å²) in [5.41, 5.74) is 3.37. The molecule has 3 aromatic heterocycles. The van der Waals surface area contributed by atoms with Crippen LogP contribution in [0.2, 0.25) is 5.15 Å². The Bertz CT molecular complexity index is 738. The first-order chi connectivity index (χ1) is 9.33. The lowest BCUT2D eigenvalue weighted by atomic mass is 10.1. The van der Waals surface area contributed by atoms with Crippen molar-refractivity contribution in [1.82, 2.24) is 19.6 Å². The number of hydrogen-bond acceptors (Lipinski definition) is 3. The predicted molar refractivity (Wildman–Crippen MR) is 72.3 cm³/mol. The lowest BCUT2D eigenvalue weighted by Crippen LogP contribution is -1.96. The molecule has 0 spiro atoms. The standard InChI is InChI=1S/C14H11ClN4/c15-13-7-12(14-17-4-5-19(14)18-13)11-6-10(11)9-2-1-3-16-8-9/h1-5,7-8,10-11H,6H2. The Morgan fingerprint density at radius 3 is 3.05 bits per heavy atom. The molecule has 0 N–H and O–H groups in total. The van der Waals surface area contributed by atoms with Crippen molar-refractivity contribution in [3.8, 4) is 0 Å². The highest BCUT2D eigenvalue weighted by Gasteiger charge is 2.41. The van der Waals surface area contributed by atoms with Crippen molar-refractivity contribution in [3.63, 3.8) is 0 Å². The van der Waals surface area contributed by atoms with Gasteiger partial charge in [-0.15, -0.1) is 0 Å². The number of rotatable bonds is 2. The maximum atomic E-state index is 6.07. The number of aromatic nitrogens is 4. The summed E-state index contributed by atoms with van der Waals surface area (Å²) in [6.45, 7) is 0. The predicted octanol–water partition coefficient (Wildman–Crippen LogP) is 3.05. The Morgan fingerprint density at radius 1 is 1.26 bits per heavy atom. The Labute approximate surface area is 115 Å². The van der Waals surface area contributed by atoms with Gasteiger partial charge in [-0.1, -0.05) is 17.7 Å². The molecular weight excluding hydrogens is 260 g/mol. The van der Waals surface area contributed by atoms with Crippen LogP contribution in [-0.2, 0) is 0 Å². The van der Waals surface area contributed by atoms with Gasteiger partial charge in [-0.05, 0) is 36.0 Å². The topological polar surface area (TPSA) is 43.1 Å². The van der Waals surface area contributed by atoms with E-state index in [1.165, 1.54) is 11.1 Å². The Morgan fingerprint density at radius 2 is 2.21 bits per heavy atom. The van der Waals surface area contributed by atoms with E-state index in [4.69, 9.17) is 11.6 Å². The van der Waals surface area contributed by atoms with E-state index in [9.17, 15) is 0 Å². The molecule has 5 heteroatoms. The third kappa shape index (κ3) is 1.79. The first kappa shape index (κ1) is 10.9. The first-order valence-corrected chi connectivity index (χ1v) is 6.60. The molecule has 0 radical (unpaired) electrons. The molecule has 3 aromatic rings. The molecule has 4 nitrogen and oxygen atoms in total. The number of halogens is 1. The largest absolute Gasteiger partial charge is 0.264 e. The van der Waals surface area contributed by atoms with Crippen molar-refractivity contribution < 1.29 is 0 Å². The fraction of sp³-hybridized carbons (Fsp3) is 0.214. The minimum Gasteiger partial charge on any atom is -0.264 e. The highest BCUT2D eigenvalue weighted by molar-refractivity contribution is 6.29. The van der Waals surface area contributed by atoms with E-state index < -0.39 is 0 Å². The minimum absolute atomic E-state index is 0.467. The molecule has 2 unspecified atom stereocenters. The number of nitrogens with zero attached hydrogens (tertiary/aromatic N) is 4. The molecule has 0 aliphatic heterocycles. The quantitative estimate of drug-likeness (QED) is 0.719. The molecule has 4 rings (SSSR count). The van der Waals surface area contributed by atoms with Crippen LogP contribution in [0.15, 0.2) is 43.0 Å². The van der Waals surface area contributed by atoms with E-state index >= 15 is 0 Å². The highest BCUT2D eigenvalue weighted by atomic mass is 35.5. The van der Waals surface area contributed by atoms with Crippen molar-refractivity contribution >= 4 is 17.2 Å². The Hall–Kier alpha value is -1.94. The summed E-state index contributed by atoms with van der Waals surface area (Å²) < 4.78 is 1.75. The number of imidazole rings is 1. The van der Waals surface area contributed by atoms with Crippen LogP contribution < -0.4 is 0 Å². The minimum atomic E-state index is 0.467. The van der Waals surface area contributed by atoms with Crippen LogP contribution in [0.25, 0.3) is 5.65 Å². The molecule has 2 atom stereocenters. The summed E-state index contributed by atoms with van der Waals surface area (Å²) in [6, 6.07) is 6.05. The molecule has 0 bridgehead atoms. The second-order valence-electron chi connectivity index (χ2n) is 4.85. The van der Waals surface area contributed by atoms with Gasteiger partial charge in [-0.3, -0.25) is 4.98 Å². The molecule has 0 saturated heterocycles. The van der Waals surface area contributed by atoms with Crippen molar-refractivity contribution in [1.29, 1.82) is 0 Å². The van der Waals surface area contributed by atoms with E-state index in [-0.39, 0.29) is 0 Å². The van der Waals surface area contributed by atoms with Crippen molar-refractivity contribution in [2.24, 2.45) is 0 Å². The molecule has 94 valence electrons. The van der Waals surface area contributed by atoms with E-state index in [1.54, 1.807) is 16.9 Å².